The molecule has 0 saturated heterocycles. The maximum Gasteiger partial charge on any atom is 0.237 e. The van der Waals surface area contributed by atoms with Gasteiger partial charge in [-0.2, -0.15) is 5.10 Å². The number of aromatic nitrogens is 2. The molecule has 2 aromatic rings. The summed E-state index contributed by atoms with van der Waals surface area (Å²) >= 11 is 0. The molecule has 21 heavy (non-hydrogen) atoms. The molecule has 1 atom stereocenters. The quantitative estimate of drug-likeness (QED) is 0.752. The lowest BCUT2D eigenvalue weighted by Gasteiger charge is -2.12. The van der Waals surface area contributed by atoms with Crippen LogP contribution in [-0.2, 0) is 24.8 Å². The highest BCUT2D eigenvalue weighted by molar-refractivity contribution is 5.81. The van der Waals surface area contributed by atoms with Crippen molar-refractivity contribution in [2.75, 3.05) is 0 Å². The zero-order valence-electron chi connectivity index (χ0n) is 12.2. The van der Waals surface area contributed by atoms with Crippen molar-refractivity contribution in [2.24, 2.45) is 12.8 Å². The van der Waals surface area contributed by atoms with E-state index in [4.69, 9.17) is 5.73 Å². The van der Waals surface area contributed by atoms with E-state index in [0.29, 0.717) is 13.0 Å². The first-order chi connectivity index (χ1) is 9.95. The van der Waals surface area contributed by atoms with Crippen LogP contribution in [0.1, 0.15) is 16.8 Å². The highest BCUT2D eigenvalue weighted by Crippen LogP contribution is 2.11. The summed E-state index contributed by atoms with van der Waals surface area (Å²) in [5, 5.41) is 16.3. The summed E-state index contributed by atoms with van der Waals surface area (Å²) in [6.45, 7) is 2.32. The number of phenols is 1. The van der Waals surface area contributed by atoms with Gasteiger partial charge in [0, 0.05) is 25.4 Å². The molecule has 0 radical (unpaired) electrons. The van der Waals surface area contributed by atoms with Crippen molar-refractivity contribution in [1.29, 1.82) is 0 Å². The Morgan fingerprint density at radius 3 is 2.67 bits per heavy atom. The van der Waals surface area contributed by atoms with Crippen molar-refractivity contribution < 1.29 is 9.90 Å². The zero-order valence-corrected chi connectivity index (χ0v) is 12.2. The van der Waals surface area contributed by atoms with Crippen LogP contribution < -0.4 is 11.1 Å². The Labute approximate surface area is 123 Å². The monoisotopic (exact) mass is 288 g/mol. The minimum Gasteiger partial charge on any atom is -0.508 e. The van der Waals surface area contributed by atoms with Crippen LogP contribution in [0.2, 0.25) is 0 Å². The Bertz CT molecular complexity index is 619. The van der Waals surface area contributed by atoms with Crippen molar-refractivity contribution in [3.05, 3.63) is 47.3 Å². The summed E-state index contributed by atoms with van der Waals surface area (Å²) in [6, 6.07) is 6.06. The van der Waals surface area contributed by atoms with E-state index in [1.54, 1.807) is 28.9 Å². The summed E-state index contributed by atoms with van der Waals surface area (Å²) in [5.41, 5.74) is 8.68. The Hall–Kier alpha value is -2.34. The number of aromatic hydroxyl groups is 1. The summed E-state index contributed by atoms with van der Waals surface area (Å²) in [5.74, 6) is -0.00449. The first-order valence-corrected chi connectivity index (χ1v) is 6.76. The lowest BCUT2D eigenvalue weighted by molar-refractivity contribution is -0.122. The fourth-order valence-electron chi connectivity index (χ4n) is 2.11. The van der Waals surface area contributed by atoms with E-state index in [-0.39, 0.29) is 11.7 Å². The van der Waals surface area contributed by atoms with Crippen molar-refractivity contribution in [2.45, 2.75) is 25.9 Å². The van der Waals surface area contributed by atoms with Gasteiger partial charge in [0.15, 0.2) is 0 Å². The molecule has 0 aliphatic heterocycles. The predicted molar refractivity (Wildman–Crippen MR) is 79.6 cm³/mol. The van der Waals surface area contributed by atoms with Crippen LogP contribution in [0.15, 0.2) is 30.5 Å². The molecule has 1 aromatic heterocycles. The van der Waals surface area contributed by atoms with Gasteiger partial charge in [-0.1, -0.05) is 12.1 Å². The molecule has 6 nitrogen and oxygen atoms in total. The number of hydrogen-bond acceptors (Lipinski definition) is 4. The number of nitrogens with zero attached hydrogens (tertiary/aromatic N) is 2. The fourth-order valence-corrected chi connectivity index (χ4v) is 2.11. The maximum atomic E-state index is 12.0. The number of nitrogens with two attached hydrogens (primary N) is 1. The zero-order chi connectivity index (χ0) is 15.4. The molecule has 0 saturated carbocycles. The number of amides is 1. The molecule has 0 unspecified atom stereocenters. The first-order valence-electron chi connectivity index (χ1n) is 6.76. The van der Waals surface area contributed by atoms with Crippen LogP contribution in [-0.4, -0.2) is 26.8 Å². The van der Waals surface area contributed by atoms with E-state index in [2.05, 4.69) is 10.4 Å². The number of hydrogen-bond donors (Lipinski definition) is 3. The first kappa shape index (κ1) is 15.1. The minimum atomic E-state index is -0.619. The van der Waals surface area contributed by atoms with Gasteiger partial charge in [-0.15, -0.1) is 0 Å². The molecule has 4 N–H and O–H groups in total. The van der Waals surface area contributed by atoms with Crippen molar-refractivity contribution in [3.63, 3.8) is 0 Å². The van der Waals surface area contributed by atoms with Crippen LogP contribution in [0.5, 0.6) is 5.75 Å². The van der Waals surface area contributed by atoms with Gasteiger partial charge in [0.1, 0.15) is 5.75 Å². The van der Waals surface area contributed by atoms with Crippen molar-refractivity contribution in [1.82, 2.24) is 15.1 Å². The van der Waals surface area contributed by atoms with Gasteiger partial charge in [0.05, 0.1) is 11.7 Å². The maximum absolute atomic E-state index is 12.0. The summed E-state index contributed by atoms with van der Waals surface area (Å²) in [7, 11) is 1.84. The standard InChI is InChI=1S/C15H20N4O2/c1-10-12(9-19(2)18-10)8-17-15(21)14(16)7-11-3-5-13(20)6-4-11/h3-6,9,14,20H,7-8,16H2,1-2H3,(H,17,21)/t14-/m0/s1. The van der Waals surface area contributed by atoms with Crippen LogP contribution in [0.4, 0.5) is 0 Å². The fraction of sp³-hybridized carbons (Fsp3) is 0.333. The predicted octanol–water partition coefficient (Wildman–Crippen LogP) is 0.620. The van der Waals surface area contributed by atoms with E-state index in [1.165, 1.54) is 0 Å². The topological polar surface area (TPSA) is 93.2 Å². The van der Waals surface area contributed by atoms with Gasteiger partial charge in [-0.05, 0) is 31.0 Å². The molecule has 2 rings (SSSR count). The van der Waals surface area contributed by atoms with Gasteiger partial charge in [-0.25, -0.2) is 0 Å². The average molecular weight is 288 g/mol. The number of carbonyl (C=O) groups is 1. The van der Waals surface area contributed by atoms with Crippen LogP contribution in [0, 0.1) is 6.92 Å². The molecule has 0 aliphatic rings. The van der Waals surface area contributed by atoms with Crippen LogP contribution >= 0.6 is 0 Å². The SMILES string of the molecule is Cc1nn(C)cc1CNC(=O)[C@@H](N)Cc1ccc(O)cc1. The second kappa shape index (κ2) is 6.41. The average Bonchev–Trinajstić information content (AvgIpc) is 2.76. The molecule has 112 valence electrons. The number of nitrogens with one attached hydrogen (secondary N) is 1. The van der Waals surface area contributed by atoms with E-state index >= 15 is 0 Å². The third-order valence-corrected chi connectivity index (χ3v) is 3.30. The van der Waals surface area contributed by atoms with Gasteiger partial charge in [-0.3, -0.25) is 9.48 Å². The molecule has 0 aliphatic carbocycles. The number of carbonyl (C=O) groups excluding carboxylic acids is 1. The van der Waals surface area contributed by atoms with E-state index in [1.807, 2.05) is 20.2 Å². The van der Waals surface area contributed by atoms with Gasteiger partial charge in [0.2, 0.25) is 5.91 Å². The molecule has 0 fully saturated rings. The van der Waals surface area contributed by atoms with Gasteiger partial charge in [0.25, 0.3) is 0 Å². The number of aryl methyl sites for hydroxylation is 2. The van der Waals surface area contributed by atoms with Crippen LogP contribution in [0.3, 0.4) is 0 Å². The Balaban J connectivity index is 1.87. The minimum absolute atomic E-state index is 0.198. The summed E-state index contributed by atoms with van der Waals surface area (Å²) in [6.07, 6.45) is 2.30. The normalized spacial score (nSPS) is 12.1. The molecule has 1 heterocycles. The lowest BCUT2D eigenvalue weighted by atomic mass is 10.1. The number of rotatable bonds is 5. The van der Waals surface area contributed by atoms with Gasteiger partial charge >= 0.3 is 0 Å². The number of phenolic OH excluding ortho intramolecular Hbond substituents is 1. The highest BCUT2D eigenvalue weighted by atomic mass is 16.3. The Morgan fingerprint density at radius 2 is 2.10 bits per heavy atom. The van der Waals surface area contributed by atoms with Gasteiger partial charge < -0.3 is 16.2 Å². The molecule has 6 heteroatoms. The summed E-state index contributed by atoms with van der Waals surface area (Å²) in [4.78, 5) is 12.0. The Morgan fingerprint density at radius 1 is 1.43 bits per heavy atom. The third-order valence-electron chi connectivity index (χ3n) is 3.30. The van der Waals surface area contributed by atoms with Crippen molar-refractivity contribution in [3.8, 4) is 5.75 Å². The lowest BCUT2D eigenvalue weighted by Crippen LogP contribution is -2.41. The number of benzene rings is 1. The second-order valence-corrected chi connectivity index (χ2v) is 5.11. The largest absolute Gasteiger partial charge is 0.508 e. The molecular formula is C15H20N4O2. The molecule has 1 amide bonds. The van der Waals surface area contributed by atoms with E-state index in [9.17, 15) is 9.90 Å². The summed E-state index contributed by atoms with van der Waals surface area (Å²) < 4.78 is 1.72. The second-order valence-electron chi connectivity index (χ2n) is 5.11. The molecular weight excluding hydrogens is 268 g/mol. The third kappa shape index (κ3) is 4.06. The highest BCUT2D eigenvalue weighted by Gasteiger charge is 2.14. The van der Waals surface area contributed by atoms with E-state index < -0.39 is 6.04 Å². The van der Waals surface area contributed by atoms with Crippen molar-refractivity contribution >= 4 is 5.91 Å². The Kier molecular flexibility index (Phi) is 4.59. The smallest absolute Gasteiger partial charge is 0.237 e. The molecule has 1 aromatic carbocycles. The van der Waals surface area contributed by atoms with Crippen LogP contribution in [0.25, 0.3) is 0 Å². The molecule has 0 spiro atoms. The van der Waals surface area contributed by atoms with E-state index in [0.717, 1.165) is 16.8 Å². The molecule has 0 bridgehead atoms.